The second kappa shape index (κ2) is 8.52. The van der Waals surface area contributed by atoms with Crippen molar-refractivity contribution in [3.63, 3.8) is 0 Å². The van der Waals surface area contributed by atoms with Gasteiger partial charge >= 0.3 is 0 Å². The summed E-state index contributed by atoms with van der Waals surface area (Å²) in [4.78, 5) is 14.9. The average Bonchev–Trinajstić information content (AvgIpc) is 3.11. The molecule has 0 radical (unpaired) electrons. The van der Waals surface area contributed by atoms with Gasteiger partial charge in [0.15, 0.2) is 0 Å². The molecule has 0 spiro atoms. The van der Waals surface area contributed by atoms with Crippen molar-refractivity contribution in [2.45, 2.75) is 31.2 Å². The maximum Gasteiger partial charge on any atom is 0.220 e. The van der Waals surface area contributed by atoms with Gasteiger partial charge in [-0.15, -0.1) is 0 Å². The predicted octanol–water partition coefficient (Wildman–Crippen LogP) is 2.64. The van der Waals surface area contributed by atoms with Crippen LogP contribution in [0.25, 0.3) is 0 Å². The van der Waals surface area contributed by atoms with Crippen molar-refractivity contribution in [2.24, 2.45) is 0 Å². The Balaban J connectivity index is 1.53. The molecule has 1 amide bonds. The first-order chi connectivity index (χ1) is 12.1. The Morgan fingerprint density at radius 3 is 2.72 bits per heavy atom. The molecule has 2 saturated heterocycles. The molecule has 0 aromatic heterocycles. The van der Waals surface area contributed by atoms with Gasteiger partial charge in [0.2, 0.25) is 5.91 Å². The van der Waals surface area contributed by atoms with Crippen LogP contribution in [0.15, 0.2) is 24.3 Å². The Morgan fingerprint density at radius 1 is 1.36 bits per heavy atom. The SMILES string of the molecule is CC(CC(=O)NCC1(N2CCOCC2)CCSC1)c1ccc(F)cc1. The molecular formula is C19H27FN2O2S. The Kier molecular flexibility index (Phi) is 6.36. The van der Waals surface area contributed by atoms with E-state index in [-0.39, 0.29) is 23.2 Å². The lowest BCUT2D eigenvalue weighted by Gasteiger charge is -2.43. The van der Waals surface area contributed by atoms with E-state index in [0.29, 0.717) is 13.0 Å². The van der Waals surface area contributed by atoms with Crippen LogP contribution in [-0.2, 0) is 9.53 Å². The molecule has 0 bridgehead atoms. The summed E-state index contributed by atoms with van der Waals surface area (Å²) in [6.07, 6.45) is 1.55. The van der Waals surface area contributed by atoms with Crippen molar-refractivity contribution >= 4 is 17.7 Å². The fourth-order valence-corrected chi connectivity index (χ4v) is 5.13. The Bertz CT molecular complexity index is 569. The lowest BCUT2D eigenvalue weighted by molar-refractivity contribution is -0.122. The third-order valence-corrected chi connectivity index (χ3v) is 6.54. The molecule has 3 rings (SSSR count). The molecule has 2 aliphatic rings. The summed E-state index contributed by atoms with van der Waals surface area (Å²) < 4.78 is 18.5. The second-order valence-corrected chi connectivity index (χ2v) is 8.16. The molecule has 138 valence electrons. The van der Waals surface area contributed by atoms with E-state index in [9.17, 15) is 9.18 Å². The summed E-state index contributed by atoms with van der Waals surface area (Å²) in [6.45, 7) is 6.17. The molecule has 2 fully saturated rings. The highest BCUT2D eigenvalue weighted by Gasteiger charge is 2.40. The minimum Gasteiger partial charge on any atom is -0.379 e. The zero-order valence-corrected chi connectivity index (χ0v) is 15.6. The first kappa shape index (κ1) is 18.7. The monoisotopic (exact) mass is 366 g/mol. The Labute approximate surface area is 153 Å². The number of ether oxygens (including phenoxy) is 1. The number of rotatable bonds is 6. The number of hydrogen-bond donors (Lipinski definition) is 1. The number of benzene rings is 1. The highest BCUT2D eigenvalue weighted by Crippen LogP contribution is 2.33. The van der Waals surface area contributed by atoms with E-state index in [1.54, 1.807) is 12.1 Å². The number of hydrogen-bond acceptors (Lipinski definition) is 4. The minimum absolute atomic E-state index is 0.0707. The highest BCUT2D eigenvalue weighted by molar-refractivity contribution is 7.99. The third-order valence-electron chi connectivity index (χ3n) is 5.31. The number of thioether (sulfide) groups is 1. The van der Waals surface area contributed by atoms with Crippen molar-refractivity contribution < 1.29 is 13.9 Å². The van der Waals surface area contributed by atoms with E-state index in [2.05, 4.69) is 10.2 Å². The first-order valence-corrected chi connectivity index (χ1v) is 10.2. The molecule has 25 heavy (non-hydrogen) atoms. The lowest BCUT2D eigenvalue weighted by Crippen LogP contribution is -2.59. The van der Waals surface area contributed by atoms with Gasteiger partial charge in [-0.3, -0.25) is 9.69 Å². The Morgan fingerprint density at radius 2 is 2.08 bits per heavy atom. The van der Waals surface area contributed by atoms with Gasteiger partial charge in [0, 0.05) is 37.3 Å². The van der Waals surface area contributed by atoms with Gasteiger partial charge in [-0.05, 0) is 35.8 Å². The van der Waals surface area contributed by atoms with Crippen LogP contribution in [0.3, 0.4) is 0 Å². The van der Waals surface area contributed by atoms with Crippen molar-refractivity contribution in [3.8, 4) is 0 Å². The van der Waals surface area contributed by atoms with E-state index in [0.717, 1.165) is 49.8 Å². The zero-order valence-electron chi connectivity index (χ0n) is 14.8. The quantitative estimate of drug-likeness (QED) is 0.840. The number of amides is 1. The van der Waals surface area contributed by atoms with Gasteiger partial charge in [-0.25, -0.2) is 4.39 Å². The van der Waals surface area contributed by atoms with Crippen LogP contribution < -0.4 is 5.32 Å². The van der Waals surface area contributed by atoms with Gasteiger partial charge in [0.05, 0.1) is 13.2 Å². The summed E-state index contributed by atoms with van der Waals surface area (Å²) in [5.41, 5.74) is 1.07. The minimum atomic E-state index is -0.244. The van der Waals surface area contributed by atoms with Crippen molar-refractivity contribution in [1.82, 2.24) is 10.2 Å². The molecule has 2 unspecified atom stereocenters. The summed E-state index contributed by atoms with van der Waals surface area (Å²) in [6, 6.07) is 6.42. The molecule has 2 atom stereocenters. The van der Waals surface area contributed by atoms with Crippen LogP contribution in [-0.4, -0.2) is 60.7 Å². The molecule has 6 heteroatoms. The number of carbonyl (C=O) groups is 1. The van der Waals surface area contributed by atoms with Gasteiger partial charge in [-0.1, -0.05) is 19.1 Å². The van der Waals surface area contributed by atoms with E-state index >= 15 is 0 Å². The molecule has 1 N–H and O–H groups in total. The fraction of sp³-hybridized carbons (Fsp3) is 0.632. The van der Waals surface area contributed by atoms with Crippen LogP contribution in [0.2, 0.25) is 0 Å². The second-order valence-electron chi connectivity index (χ2n) is 7.06. The number of nitrogens with zero attached hydrogens (tertiary/aromatic N) is 1. The zero-order chi connectivity index (χ0) is 17.7. The normalized spacial score (nSPS) is 25.7. The van der Waals surface area contributed by atoms with Gasteiger partial charge in [0.25, 0.3) is 0 Å². The number of nitrogens with one attached hydrogen (secondary N) is 1. The first-order valence-electron chi connectivity index (χ1n) is 9.02. The molecule has 0 saturated carbocycles. The van der Waals surface area contributed by atoms with Gasteiger partial charge in [0.1, 0.15) is 5.82 Å². The van der Waals surface area contributed by atoms with E-state index in [1.165, 1.54) is 12.1 Å². The molecule has 1 aromatic carbocycles. The number of halogens is 1. The van der Waals surface area contributed by atoms with E-state index in [4.69, 9.17) is 4.74 Å². The summed E-state index contributed by atoms with van der Waals surface area (Å²) in [5, 5.41) is 3.17. The summed E-state index contributed by atoms with van der Waals surface area (Å²) >= 11 is 1.97. The van der Waals surface area contributed by atoms with Crippen LogP contribution in [0.1, 0.15) is 31.2 Å². The van der Waals surface area contributed by atoms with Crippen molar-refractivity contribution in [1.29, 1.82) is 0 Å². The molecule has 4 nitrogen and oxygen atoms in total. The van der Waals surface area contributed by atoms with Crippen molar-refractivity contribution in [3.05, 3.63) is 35.6 Å². The maximum absolute atomic E-state index is 13.0. The van der Waals surface area contributed by atoms with E-state index in [1.807, 2.05) is 18.7 Å². The van der Waals surface area contributed by atoms with Gasteiger partial charge < -0.3 is 10.1 Å². The molecule has 0 aliphatic carbocycles. The average molecular weight is 367 g/mol. The van der Waals surface area contributed by atoms with Crippen LogP contribution in [0.5, 0.6) is 0 Å². The van der Waals surface area contributed by atoms with Crippen LogP contribution in [0, 0.1) is 5.82 Å². The smallest absolute Gasteiger partial charge is 0.220 e. The van der Waals surface area contributed by atoms with E-state index < -0.39 is 0 Å². The van der Waals surface area contributed by atoms with Crippen LogP contribution in [0.4, 0.5) is 4.39 Å². The maximum atomic E-state index is 13.0. The third kappa shape index (κ3) is 4.74. The molecule has 2 heterocycles. The van der Waals surface area contributed by atoms with Gasteiger partial charge in [-0.2, -0.15) is 11.8 Å². The number of carbonyl (C=O) groups excluding carboxylic acids is 1. The topological polar surface area (TPSA) is 41.6 Å². The summed E-state index contributed by atoms with van der Waals surface area (Å²) in [5.74, 6) is 2.13. The predicted molar refractivity (Wildman–Crippen MR) is 99.5 cm³/mol. The number of morpholine rings is 1. The summed E-state index contributed by atoms with van der Waals surface area (Å²) in [7, 11) is 0. The van der Waals surface area contributed by atoms with Crippen LogP contribution >= 0.6 is 11.8 Å². The highest BCUT2D eigenvalue weighted by atomic mass is 32.2. The molecule has 2 aliphatic heterocycles. The van der Waals surface area contributed by atoms with Crippen molar-refractivity contribution in [2.75, 3.05) is 44.4 Å². The standard InChI is InChI=1S/C19H27FN2O2S/c1-15(16-2-4-17(20)5-3-16)12-18(23)21-13-19(6-11-25-14-19)22-7-9-24-10-8-22/h2-5,15H,6-14H2,1H3,(H,21,23). The lowest BCUT2D eigenvalue weighted by atomic mass is 9.94. The molecule has 1 aromatic rings. The largest absolute Gasteiger partial charge is 0.379 e. The fourth-order valence-electron chi connectivity index (χ4n) is 3.66. The Hall–Kier alpha value is -1.11. The molecular weight excluding hydrogens is 339 g/mol.